The SMILES string of the molecule is COc1cc(N2CCOCC2)c(NC(=O)CCl)cc1Nc1ncc(Br)c(N2CC(=O)N(C)c3ccccc32)n1. The molecule has 0 atom stereocenters. The van der Waals surface area contributed by atoms with Gasteiger partial charge in [-0.3, -0.25) is 9.59 Å². The number of carbonyl (C=O) groups is 2. The van der Waals surface area contributed by atoms with E-state index in [0.717, 1.165) is 17.1 Å². The number of hydrogen-bond acceptors (Lipinski definition) is 9. The maximum Gasteiger partial charge on any atom is 0.246 e. The largest absolute Gasteiger partial charge is 0.494 e. The van der Waals surface area contributed by atoms with Crippen LogP contribution in [0, 0.1) is 0 Å². The maximum atomic E-state index is 12.8. The van der Waals surface area contributed by atoms with Crippen LogP contribution >= 0.6 is 27.5 Å². The molecule has 2 N–H and O–H groups in total. The summed E-state index contributed by atoms with van der Waals surface area (Å²) >= 11 is 9.33. The number of benzene rings is 2. The van der Waals surface area contributed by atoms with Crippen LogP contribution in [0.25, 0.3) is 0 Å². The molecule has 3 heterocycles. The fraction of sp³-hybridized carbons (Fsp3) is 0.308. The van der Waals surface area contributed by atoms with E-state index in [1.807, 2.05) is 35.2 Å². The first-order chi connectivity index (χ1) is 18.9. The van der Waals surface area contributed by atoms with Gasteiger partial charge in [0.1, 0.15) is 18.2 Å². The smallest absolute Gasteiger partial charge is 0.246 e. The second-order valence-corrected chi connectivity index (χ2v) is 9.99. The molecule has 0 saturated carbocycles. The van der Waals surface area contributed by atoms with E-state index < -0.39 is 0 Å². The highest BCUT2D eigenvalue weighted by atomic mass is 79.9. The number of nitrogens with zero attached hydrogens (tertiary/aromatic N) is 5. The van der Waals surface area contributed by atoms with Crippen molar-refractivity contribution in [1.29, 1.82) is 0 Å². The Morgan fingerprint density at radius 2 is 1.90 bits per heavy atom. The third-order valence-electron chi connectivity index (χ3n) is 6.49. The van der Waals surface area contributed by atoms with E-state index in [2.05, 4.69) is 36.4 Å². The van der Waals surface area contributed by atoms with Gasteiger partial charge in [0.25, 0.3) is 0 Å². The number of methoxy groups -OCH3 is 1. The molecule has 0 unspecified atom stereocenters. The van der Waals surface area contributed by atoms with Gasteiger partial charge in [-0.15, -0.1) is 11.6 Å². The van der Waals surface area contributed by atoms with E-state index >= 15 is 0 Å². The summed E-state index contributed by atoms with van der Waals surface area (Å²) in [6.45, 7) is 2.63. The van der Waals surface area contributed by atoms with Crippen LogP contribution in [0.3, 0.4) is 0 Å². The van der Waals surface area contributed by atoms with Crippen LogP contribution in [0.1, 0.15) is 0 Å². The van der Waals surface area contributed by atoms with Gasteiger partial charge in [0.2, 0.25) is 17.8 Å². The number of morpholine rings is 1. The number of aromatic nitrogens is 2. The summed E-state index contributed by atoms with van der Waals surface area (Å²) in [6.07, 6.45) is 1.63. The predicted molar refractivity (Wildman–Crippen MR) is 155 cm³/mol. The lowest BCUT2D eigenvalue weighted by Gasteiger charge is -2.35. The van der Waals surface area contributed by atoms with E-state index in [9.17, 15) is 9.59 Å². The molecule has 3 aromatic rings. The molecule has 2 amide bonds. The number of carbonyl (C=O) groups excluding carboxylic acids is 2. The van der Waals surface area contributed by atoms with E-state index in [-0.39, 0.29) is 30.2 Å². The Balaban J connectivity index is 1.52. The topological polar surface area (TPSA) is 112 Å². The number of ether oxygens (including phenoxy) is 2. The summed E-state index contributed by atoms with van der Waals surface area (Å²) in [7, 11) is 3.33. The van der Waals surface area contributed by atoms with Gasteiger partial charge < -0.3 is 34.8 Å². The van der Waals surface area contributed by atoms with Crippen LogP contribution < -0.4 is 30.1 Å². The van der Waals surface area contributed by atoms with Crippen LogP contribution in [0.15, 0.2) is 47.1 Å². The van der Waals surface area contributed by atoms with E-state index in [0.29, 0.717) is 53.7 Å². The number of alkyl halides is 1. The highest BCUT2D eigenvalue weighted by molar-refractivity contribution is 9.10. The summed E-state index contributed by atoms with van der Waals surface area (Å²) in [5, 5.41) is 6.10. The average Bonchev–Trinajstić information content (AvgIpc) is 2.96. The van der Waals surface area contributed by atoms with Gasteiger partial charge >= 0.3 is 0 Å². The molecule has 2 aliphatic rings. The van der Waals surface area contributed by atoms with Crippen molar-refractivity contribution in [2.75, 3.05) is 78.2 Å². The van der Waals surface area contributed by atoms with Crippen molar-refractivity contribution in [3.05, 3.63) is 47.1 Å². The number of halogens is 2. The van der Waals surface area contributed by atoms with Gasteiger partial charge in [-0.05, 0) is 34.1 Å². The van der Waals surface area contributed by atoms with E-state index in [4.69, 9.17) is 26.1 Å². The molecule has 2 aromatic carbocycles. The molecule has 13 heteroatoms. The van der Waals surface area contributed by atoms with Gasteiger partial charge in [0.15, 0.2) is 5.82 Å². The van der Waals surface area contributed by atoms with E-state index in [1.54, 1.807) is 31.3 Å². The number of likely N-dealkylation sites (N-methyl/N-ethyl adjacent to an activating group) is 1. The van der Waals surface area contributed by atoms with Crippen molar-refractivity contribution in [1.82, 2.24) is 9.97 Å². The predicted octanol–water partition coefficient (Wildman–Crippen LogP) is 4.12. The fourth-order valence-electron chi connectivity index (χ4n) is 4.54. The molecule has 0 aliphatic carbocycles. The number of nitrogens with one attached hydrogen (secondary N) is 2. The van der Waals surface area contributed by atoms with Gasteiger partial charge in [-0.25, -0.2) is 4.98 Å². The van der Waals surface area contributed by atoms with E-state index in [1.165, 1.54) is 0 Å². The summed E-state index contributed by atoms with van der Waals surface area (Å²) in [4.78, 5) is 39.8. The van der Waals surface area contributed by atoms with Crippen LogP contribution in [-0.2, 0) is 14.3 Å². The van der Waals surface area contributed by atoms with Crippen molar-refractivity contribution in [2.24, 2.45) is 0 Å². The summed E-state index contributed by atoms with van der Waals surface area (Å²) in [6, 6.07) is 11.3. The Morgan fingerprint density at radius 3 is 2.62 bits per heavy atom. The molecule has 2 aliphatic heterocycles. The van der Waals surface area contributed by atoms with Gasteiger partial charge in [0, 0.05) is 32.4 Å². The molecule has 204 valence electrons. The first-order valence-corrected chi connectivity index (χ1v) is 13.6. The highest BCUT2D eigenvalue weighted by Gasteiger charge is 2.30. The molecule has 5 rings (SSSR count). The zero-order chi connectivity index (χ0) is 27.5. The molecule has 1 saturated heterocycles. The lowest BCUT2D eigenvalue weighted by Crippen LogP contribution is -2.42. The maximum absolute atomic E-state index is 12.8. The molecular formula is C26H27BrClN7O4. The standard InChI is InChI=1S/C26H27BrClN7O4/c1-33-19-5-3-4-6-20(19)35(15-24(33)37)25-16(27)14-29-26(32-25)31-18-11-17(30-23(36)13-28)21(12-22(18)38-2)34-7-9-39-10-8-34/h3-6,11-12,14H,7-10,13,15H2,1-2H3,(H,30,36)(H,29,31,32). The summed E-state index contributed by atoms with van der Waals surface area (Å²) < 4.78 is 11.8. The monoisotopic (exact) mass is 615 g/mol. The average molecular weight is 617 g/mol. The highest BCUT2D eigenvalue weighted by Crippen LogP contribution is 2.41. The number of anilines is 7. The minimum absolute atomic E-state index is 0.0613. The Hall–Kier alpha value is -3.61. The van der Waals surface area contributed by atoms with Crippen molar-refractivity contribution < 1.29 is 19.1 Å². The van der Waals surface area contributed by atoms with Crippen molar-refractivity contribution in [3.63, 3.8) is 0 Å². The van der Waals surface area contributed by atoms with Gasteiger partial charge in [0.05, 0.1) is 53.2 Å². The molecule has 1 aromatic heterocycles. The van der Waals surface area contributed by atoms with Gasteiger partial charge in [-0.1, -0.05) is 12.1 Å². The number of para-hydroxylation sites is 2. The minimum atomic E-state index is -0.331. The first kappa shape index (κ1) is 27.0. The normalized spacial score (nSPS) is 15.2. The summed E-state index contributed by atoms with van der Waals surface area (Å²) in [5.41, 5.74) is 3.55. The number of amides is 2. The first-order valence-electron chi connectivity index (χ1n) is 12.2. The van der Waals surface area contributed by atoms with Crippen LogP contribution in [0.4, 0.5) is 40.2 Å². The lowest BCUT2D eigenvalue weighted by atomic mass is 10.1. The number of rotatable bonds is 7. The number of hydrogen-bond donors (Lipinski definition) is 2. The van der Waals surface area contributed by atoms with Crippen molar-refractivity contribution >= 4 is 79.5 Å². The third kappa shape index (κ3) is 5.58. The molecule has 0 radical (unpaired) electrons. The summed E-state index contributed by atoms with van der Waals surface area (Å²) in [5.74, 6) is 0.775. The van der Waals surface area contributed by atoms with Crippen molar-refractivity contribution in [2.45, 2.75) is 0 Å². The van der Waals surface area contributed by atoms with Crippen molar-refractivity contribution in [3.8, 4) is 5.75 Å². The van der Waals surface area contributed by atoms with Crippen LogP contribution in [-0.4, -0.2) is 74.7 Å². The van der Waals surface area contributed by atoms with Crippen LogP contribution in [0.5, 0.6) is 5.75 Å². The zero-order valence-electron chi connectivity index (χ0n) is 21.4. The Morgan fingerprint density at radius 1 is 1.15 bits per heavy atom. The number of fused-ring (bicyclic) bond motifs is 1. The Labute approximate surface area is 239 Å². The zero-order valence-corrected chi connectivity index (χ0v) is 23.8. The molecule has 39 heavy (non-hydrogen) atoms. The lowest BCUT2D eigenvalue weighted by molar-refractivity contribution is -0.117. The molecular weight excluding hydrogens is 590 g/mol. The Kier molecular flexibility index (Phi) is 8.05. The molecule has 0 spiro atoms. The fourth-order valence-corrected chi connectivity index (χ4v) is 5.01. The molecule has 0 bridgehead atoms. The second-order valence-electron chi connectivity index (χ2n) is 8.87. The second kappa shape index (κ2) is 11.6. The van der Waals surface area contributed by atoms with Gasteiger partial charge in [-0.2, -0.15) is 4.98 Å². The van der Waals surface area contributed by atoms with Crippen LogP contribution in [0.2, 0.25) is 0 Å². The minimum Gasteiger partial charge on any atom is -0.494 e. The molecule has 11 nitrogen and oxygen atoms in total. The molecule has 1 fully saturated rings. The quantitative estimate of drug-likeness (QED) is 0.379. The third-order valence-corrected chi connectivity index (χ3v) is 7.30. The Bertz CT molecular complexity index is 1400.